The zero-order chi connectivity index (χ0) is 26.7. The SMILES string of the molecule is CCN1C(=S)NC(c2ccc(NS(=O)(=O)c3cccc4cccnc34)cc2)C(C(=O)OCC(C)C)=C1C. The number of ether oxygens (including phenoxy) is 1. The second-order valence-corrected chi connectivity index (χ2v) is 11.2. The summed E-state index contributed by atoms with van der Waals surface area (Å²) in [7, 11) is -3.88. The van der Waals surface area contributed by atoms with E-state index >= 15 is 0 Å². The van der Waals surface area contributed by atoms with Gasteiger partial charge in [-0.3, -0.25) is 9.71 Å². The molecule has 194 valence electrons. The fourth-order valence-corrected chi connectivity index (χ4v) is 5.87. The highest BCUT2D eigenvalue weighted by molar-refractivity contribution is 7.93. The first-order valence-corrected chi connectivity index (χ1v) is 13.9. The molecule has 1 aromatic heterocycles. The van der Waals surface area contributed by atoms with Crippen LogP contribution >= 0.6 is 12.2 Å². The highest BCUT2D eigenvalue weighted by atomic mass is 32.2. The number of para-hydroxylation sites is 1. The molecule has 0 radical (unpaired) electrons. The van der Waals surface area contributed by atoms with E-state index in [2.05, 4.69) is 15.0 Å². The third-order valence-electron chi connectivity index (χ3n) is 6.06. The van der Waals surface area contributed by atoms with Crippen LogP contribution in [0, 0.1) is 5.92 Å². The molecule has 2 aromatic carbocycles. The van der Waals surface area contributed by atoms with Gasteiger partial charge in [0.15, 0.2) is 5.11 Å². The number of anilines is 1. The van der Waals surface area contributed by atoms with Crippen LogP contribution in [0.1, 0.15) is 39.3 Å². The number of nitrogens with one attached hydrogen (secondary N) is 2. The summed E-state index contributed by atoms with van der Waals surface area (Å²) < 4.78 is 34.5. The minimum absolute atomic E-state index is 0.0994. The molecule has 1 atom stereocenters. The number of rotatable bonds is 8. The Morgan fingerprint density at radius 1 is 1.16 bits per heavy atom. The highest BCUT2D eigenvalue weighted by Crippen LogP contribution is 2.32. The topological polar surface area (TPSA) is 101 Å². The Bertz CT molecular complexity index is 1460. The van der Waals surface area contributed by atoms with Gasteiger partial charge in [0, 0.05) is 29.5 Å². The van der Waals surface area contributed by atoms with E-state index in [1.807, 2.05) is 44.7 Å². The van der Waals surface area contributed by atoms with Crippen LogP contribution in [-0.4, -0.2) is 42.5 Å². The highest BCUT2D eigenvalue weighted by Gasteiger charge is 2.34. The summed E-state index contributed by atoms with van der Waals surface area (Å²) >= 11 is 5.55. The number of allylic oxidation sites excluding steroid dienone is 1. The molecule has 0 saturated carbocycles. The van der Waals surface area contributed by atoms with Crippen LogP contribution in [0.15, 0.2) is 77.0 Å². The van der Waals surface area contributed by atoms with E-state index < -0.39 is 22.0 Å². The molecule has 1 aliphatic heterocycles. The fraction of sp³-hybridized carbons (Fsp3) is 0.296. The average Bonchev–Trinajstić information content (AvgIpc) is 2.87. The summed E-state index contributed by atoms with van der Waals surface area (Å²) in [6, 6.07) is 14.9. The number of esters is 1. The number of thiocarbonyl (C=S) groups is 1. The van der Waals surface area contributed by atoms with E-state index in [1.165, 1.54) is 6.07 Å². The van der Waals surface area contributed by atoms with Gasteiger partial charge in [-0.1, -0.05) is 44.2 Å². The van der Waals surface area contributed by atoms with Crippen molar-refractivity contribution < 1.29 is 17.9 Å². The molecule has 1 aliphatic rings. The van der Waals surface area contributed by atoms with Crippen LogP contribution in [0.2, 0.25) is 0 Å². The second kappa shape index (κ2) is 10.9. The second-order valence-electron chi connectivity index (χ2n) is 9.18. The largest absolute Gasteiger partial charge is 0.462 e. The van der Waals surface area contributed by atoms with Gasteiger partial charge in [0.25, 0.3) is 10.0 Å². The monoisotopic (exact) mass is 538 g/mol. The van der Waals surface area contributed by atoms with Crippen LogP contribution in [0.25, 0.3) is 10.9 Å². The first-order valence-electron chi connectivity index (χ1n) is 12.0. The third kappa shape index (κ3) is 5.60. The van der Waals surface area contributed by atoms with Gasteiger partial charge in [-0.25, -0.2) is 13.2 Å². The standard InChI is InChI=1S/C27H30N4O4S2/c1-5-31-18(4)23(26(32)35-16-17(2)3)25(29-27(31)36)20-11-13-21(14-12-20)30-37(33,34)22-10-6-8-19-9-7-15-28-24(19)22/h6-15,17,25,30H,5,16H2,1-4H3,(H,29,36). The molecule has 0 aliphatic carbocycles. The minimum Gasteiger partial charge on any atom is -0.462 e. The van der Waals surface area contributed by atoms with E-state index in [9.17, 15) is 13.2 Å². The molecule has 2 heterocycles. The molecule has 0 fully saturated rings. The van der Waals surface area contributed by atoms with Gasteiger partial charge in [-0.05, 0) is 61.8 Å². The number of fused-ring (bicyclic) bond motifs is 1. The summed E-state index contributed by atoms with van der Waals surface area (Å²) in [6.45, 7) is 8.69. The summed E-state index contributed by atoms with van der Waals surface area (Å²) in [4.78, 5) is 19.3. The van der Waals surface area contributed by atoms with Crippen molar-refractivity contribution in [2.45, 2.75) is 38.6 Å². The van der Waals surface area contributed by atoms with Crippen molar-refractivity contribution in [3.63, 3.8) is 0 Å². The number of pyridine rings is 1. The van der Waals surface area contributed by atoms with Gasteiger partial charge < -0.3 is 15.0 Å². The Hall–Kier alpha value is -3.50. The van der Waals surface area contributed by atoms with Crippen LogP contribution in [-0.2, 0) is 19.6 Å². The quantitative estimate of drug-likeness (QED) is 0.313. The Kier molecular flexibility index (Phi) is 7.79. The molecule has 3 aromatic rings. The number of benzene rings is 2. The number of sulfonamides is 1. The molecule has 0 spiro atoms. The van der Waals surface area contributed by atoms with Gasteiger partial charge in [0.1, 0.15) is 4.90 Å². The van der Waals surface area contributed by atoms with E-state index in [0.717, 1.165) is 16.6 Å². The molecule has 0 amide bonds. The van der Waals surface area contributed by atoms with E-state index in [1.54, 1.807) is 42.6 Å². The zero-order valence-electron chi connectivity index (χ0n) is 21.2. The Balaban J connectivity index is 1.63. The van der Waals surface area contributed by atoms with Crippen molar-refractivity contribution in [2.75, 3.05) is 17.9 Å². The van der Waals surface area contributed by atoms with Gasteiger partial charge in [-0.2, -0.15) is 0 Å². The number of hydrogen-bond donors (Lipinski definition) is 2. The van der Waals surface area contributed by atoms with E-state index in [-0.39, 0.29) is 10.8 Å². The summed E-state index contributed by atoms with van der Waals surface area (Å²) in [6.07, 6.45) is 1.57. The Morgan fingerprint density at radius 3 is 2.54 bits per heavy atom. The lowest BCUT2D eigenvalue weighted by Gasteiger charge is -2.37. The molecule has 8 nitrogen and oxygen atoms in total. The summed E-state index contributed by atoms with van der Waals surface area (Å²) in [5.41, 5.74) is 2.75. The maximum atomic E-state index is 13.2. The zero-order valence-corrected chi connectivity index (χ0v) is 22.8. The smallest absolute Gasteiger partial charge is 0.338 e. The van der Waals surface area contributed by atoms with Gasteiger partial charge in [0.2, 0.25) is 0 Å². The number of hydrogen-bond acceptors (Lipinski definition) is 6. The maximum absolute atomic E-state index is 13.2. The lowest BCUT2D eigenvalue weighted by molar-refractivity contribution is -0.140. The van der Waals surface area contributed by atoms with Gasteiger partial charge in [0.05, 0.1) is 23.7 Å². The van der Waals surface area contributed by atoms with Crippen molar-refractivity contribution in [1.29, 1.82) is 0 Å². The van der Waals surface area contributed by atoms with Gasteiger partial charge >= 0.3 is 5.97 Å². The van der Waals surface area contributed by atoms with Crippen LogP contribution in [0.3, 0.4) is 0 Å². The first kappa shape index (κ1) is 26.6. The molecule has 37 heavy (non-hydrogen) atoms. The average molecular weight is 539 g/mol. The Labute approximate surface area is 222 Å². The van der Waals surface area contributed by atoms with Crippen LogP contribution in [0.5, 0.6) is 0 Å². The molecule has 4 rings (SSSR count). The fourth-order valence-electron chi connectivity index (χ4n) is 4.24. The van der Waals surface area contributed by atoms with Crippen LogP contribution < -0.4 is 10.0 Å². The normalized spacial score (nSPS) is 16.2. The number of nitrogens with zero attached hydrogens (tertiary/aromatic N) is 2. The number of carbonyl (C=O) groups excluding carboxylic acids is 1. The molecule has 2 N–H and O–H groups in total. The Morgan fingerprint density at radius 2 is 1.86 bits per heavy atom. The van der Waals surface area contributed by atoms with E-state index in [4.69, 9.17) is 17.0 Å². The molecule has 10 heteroatoms. The molecule has 0 bridgehead atoms. The van der Waals surface area contributed by atoms with Crippen molar-refractivity contribution >= 4 is 49.9 Å². The third-order valence-corrected chi connectivity index (χ3v) is 7.81. The molecule has 1 unspecified atom stereocenters. The maximum Gasteiger partial charge on any atom is 0.338 e. The van der Waals surface area contributed by atoms with Crippen molar-refractivity contribution in [3.8, 4) is 0 Å². The van der Waals surface area contributed by atoms with Gasteiger partial charge in [-0.15, -0.1) is 0 Å². The molecular formula is C27H30N4O4S2. The van der Waals surface area contributed by atoms with Crippen molar-refractivity contribution in [1.82, 2.24) is 15.2 Å². The number of carbonyl (C=O) groups is 1. The lowest BCUT2D eigenvalue weighted by atomic mass is 9.95. The number of aromatic nitrogens is 1. The molecular weight excluding hydrogens is 508 g/mol. The lowest BCUT2D eigenvalue weighted by Crippen LogP contribution is -2.47. The van der Waals surface area contributed by atoms with Crippen molar-refractivity contribution in [3.05, 3.63) is 77.6 Å². The first-order chi connectivity index (χ1) is 17.6. The van der Waals surface area contributed by atoms with Crippen LogP contribution in [0.4, 0.5) is 5.69 Å². The summed E-state index contributed by atoms with van der Waals surface area (Å²) in [5, 5.41) is 4.50. The predicted octanol–water partition coefficient (Wildman–Crippen LogP) is 4.76. The molecule has 0 saturated heterocycles. The van der Waals surface area contributed by atoms with Crippen molar-refractivity contribution in [2.24, 2.45) is 5.92 Å². The summed E-state index contributed by atoms with van der Waals surface area (Å²) in [5.74, 6) is -0.203. The van der Waals surface area contributed by atoms with E-state index in [0.29, 0.717) is 35.0 Å². The minimum atomic E-state index is -3.88. The predicted molar refractivity (Wildman–Crippen MR) is 148 cm³/mol.